The van der Waals surface area contributed by atoms with Crippen LogP contribution in [0.15, 0.2) is 36.7 Å². The van der Waals surface area contributed by atoms with Gasteiger partial charge in [0.25, 0.3) is 0 Å². The molecule has 7 nitrogen and oxygen atoms in total. The van der Waals surface area contributed by atoms with Gasteiger partial charge < -0.3 is 9.88 Å². The quantitative estimate of drug-likeness (QED) is 0.595. The fourth-order valence-electron chi connectivity index (χ4n) is 4.93. The van der Waals surface area contributed by atoms with Crippen LogP contribution in [0.5, 0.6) is 0 Å². The van der Waals surface area contributed by atoms with Crippen LogP contribution in [0.4, 0.5) is 5.69 Å². The summed E-state index contributed by atoms with van der Waals surface area (Å²) >= 11 is 0. The number of benzene rings is 1. The number of H-pyrrole nitrogens is 1. The van der Waals surface area contributed by atoms with E-state index in [1.54, 1.807) is 12.4 Å². The lowest BCUT2D eigenvalue weighted by molar-refractivity contribution is 0.0860. The third-order valence-corrected chi connectivity index (χ3v) is 7.67. The lowest BCUT2D eigenvalue weighted by Crippen LogP contribution is -2.25. The topological polar surface area (TPSA) is 96.0 Å². The highest BCUT2D eigenvalue weighted by molar-refractivity contribution is 7.90. The summed E-state index contributed by atoms with van der Waals surface area (Å²) in [6.45, 7) is 7.48. The second kappa shape index (κ2) is 7.13. The zero-order valence-corrected chi connectivity index (χ0v) is 19.6. The number of nitrogens with one attached hydrogen (secondary N) is 1. The van der Waals surface area contributed by atoms with Crippen molar-refractivity contribution in [2.24, 2.45) is 23.2 Å². The molecule has 1 aliphatic heterocycles. The normalized spacial score (nSPS) is 22.9. The largest absolute Gasteiger partial charge is 0.371 e. The summed E-state index contributed by atoms with van der Waals surface area (Å²) in [6.07, 6.45) is 4.75. The van der Waals surface area contributed by atoms with Gasteiger partial charge in [-0.3, -0.25) is 4.79 Å². The Kier molecular flexibility index (Phi) is 4.71. The van der Waals surface area contributed by atoms with E-state index in [9.17, 15) is 13.2 Å². The van der Waals surface area contributed by atoms with Gasteiger partial charge in [0.1, 0.15) is 15.4 Å². The van der Waals surface area contributed by atoms with Crippen LogP contribution in [0.2, 0.25) is 0 Å². The first-order chi connectivity index (χ1) is 15.0. The van der Waals surface area contributed by atoms with Crippen molar-refractivity contribution in [1.82, 2.24) is 15.0 Å². The van der Waals surface area contributed by atoms with Gasteiger partial charge in [0.2, 0.25) is 0 Å². The Balaban J connectivity index is 1.39. The van der Waals surface area contributed by atoms with Crippen LogP contribution in [0.1, 0.15) is 31.1 Å². The van der Waals surface area contributed by atoms with Crippen molar-refractivity contribution in [2.45, 2.75) is 20.8 Å². The standard InChI is InChI=1S/C24H28N4O3S/c1-24(2,3)22(29)16-9-25-23-21(16)27-20(10-26-23)14-6-5-7-15(8-14)28-11-17-18(12-28)19(17)13-32(4,30)31/h5-10,17-19H,11-13H2,1-4H3,(H,25,26)/t17-,18+,19+. The van der Waals surface area contributed by atoms with Crippen molar-refractivity contribution >= 4 is 32.5 Å². The molecule has 1 N–H and O–H groups in total. The van der Waals surface area contributed by atoms with Gasteiger partial charge in [-0.2, -0.15) is 0 Å². The first-order valence-corrected chi connectivity index (χ1v) is 13.0. The molecule has 2 aliphatic rings. The van der Waals surface area contributed by atoms with E-state index in [-0.39, 0.29) is 5.78 Å². The Labute approximate surface area is 188 Å². The Bertz CT molecular complexity index is 1310. The number of anilines is 1. The molecule has 32 heavy (non-hydrogen) atoms. The monoisotopic (exact) mass is 452 g/mol. The number of ketones is 1. The molecule has 2 aromatic heterocycles. The van der Waals surface area contributed by atoms with Gasteiger partial charge in [-0.25, -0.2) is 18.4 Å². The third-order valence-electron chi connectivity index (χ3n) is 6.68. The Morgan fingerprint density at radius 1 is 1.22 bits per heavy atom. The summed E-state index contributed by atoms with van der Waals surface area (Å²) in [6, 6.07) is 8.19. The predicted molar refractivity (Wildman–Crippen MR) is 126 cm³/mol. The van der Waals surface area contributed by atoms with Crippen molar-refractivity contribution in [1.29, 1.82) is 0 Å². The first kappa shape index (κ1) is 21.1. The van der Waals surface area contributed by atoms with Crippen molar-refractivity contribution in [2.75, 3.05) is 30.0 Å². The molecule has 1 aliphatic carbocycles. The van der Waals surface area contributed by atoms with Gasteiger partial charge in [0.05, 0.1) is 23.2 Å². The molecular weight excluding hydrogens is 424 g/mol. The summed E-state index contributed by atoms with van der Waals surface area (Å²) in [5, 5.41) is 0. The Hall–Kier alpha value is -2.74. The van der Waals surface area contributed by atoms with E-state index in [0.717, 1.165) is 30.0 Å². The molecule has 2 fully saturated rings. The molecule has 1 aromatic carbocycles. The number of aromatic nitrogens is 3. The van der Waals surface area contributed by atoms with Crippen molar-refractivity contribution < 1.29 is 13.2 Å². The lowest BCUT2D eigenvalue weighted by Gasteiger charge is -2.22. The van der Waals surface area contributed by atoms with E-state index in [2.05, 4.69) is 27.0 Å². The second-order valence-electron chi connectivity index (χ2n) is 10.3. The van der Waals surface area contributed by atoms with E-state index >= 15 is 0 Å². The van der Waals surface area contributed by atoms with Crippen molar-refractivity contribution in [3.05, 3.63) is 42.2 Å². The number of Topliss-reactive ketones (excluding diaryl/α,β-unsaturated/α-hetero) is 1. The molecule has 0 bridgehead atoms. The minimum absolute atomic E-state index is 0.0314. The van der Waals surface area contributed by atoms with E-state index in [4.69, 9.17) is 4.98 Å². The molecule has 5 rings (SSSR count). The lowest BCUT2D eigenvalue weighted by atomic mass is 9.87. The number of sulfone groups is 1. The molecule has 1 saturated heterocycles. The van der Waals surface area contributed by atoms with Crippen LogP contribution in [0, 0.1) is 23.2 Å². The number of nitrogens with zero attached hydrogens (tertiary/aromatic N) is 3. The number of rotatable bonds is 5. The Morgan fingerprint density at radius 3 is 2.59 bits per heavy atom. The van der Waals surface area contributed by atoms with E-state index in [1.807, 2.05) is 32.9 Å². The number of carbonyl (C=O) groups is 1. The molecule has 3 heterocycles. The average molecular weight is 453 g/mol. The molecule has 8 heteroatoms. The second-order valence-corrected chi connectivity index (χ2v) is 12.5. The number of carbonyl (C=O) groups excluding carboxylic acids is 1. The zero-order valence-electron chi connectivity index (χ0n) is 18.8. The molecule has 3 aromatic rings. The number of piperidine rings is 1. The van der Waals surface area contributed by atoms with Crippen LogP contribution < -0.4 is 4.90 Å². The molecule has 0 radical (unpaired) electrons. The van der Waals surface area contributed by atoms with E-state index in [0.29, 0.717) is 40.2 Å². The minimum atomic E-state index is -2.92. The highest BCUT2D eigenvalue weighted by Gasteiger charge is 2.56. The van der Waals surface area contributed by atoms with Gasteiger partial charge in [-0.05, 0) is 29.9 Å². The van der Waals surface area contributed by atoms with Crippen LogP contribution >= 0.6 is 0 Å². The predicted octanol–water partition coefficient (Wildman–Crippen LogP) is 3.58. The maximum Gasteiger partial charge on any atom is 0.171 e. The average Bonchev–Trinajstić information content (AvgIpc) is 3.11. The molecule has 0 amide bonds. The summed E-state index contributed by atoms with van der Waals surface area (Å²) in [5.74, 6) is 1.58. The molecule has 1 saturated carbocycles. The molecular formula is C24H28N4O3S. The fraction of sp³-hybridized carbons (Fsp3) is 0.458. The SMILES string of the molecule is CC(C)(C)C(=O)c1c[nH]c2ncc(-c3cccc(N4C[C@@H]5[C@H](C4)[C@H]5CS(C)(=O)=O)c3)nc12. The fourth-order valence-corrected chi connectivity index (χ4v) is 6.12. The summed E-state index contributed by atoms with van der Waals surface area (Å²) in [7, 11) is -2.92. The molecule has 0 spiro atoms. The number of hydrogen-bond acceptors (Lipinski definition) is 6. The smallest absolute Gasteiger partial charge is 0.171 e. The van der Waals surface area contributed by atoms with Crippen molar-refractivity contribution in [3.8, 4) is 11.3 Å². The van der Waals surface area contributed by atoms with Crippen LogP contribution in [0.25, 0.3) is 22.4 Å². The first-order valence-electron chi connectivity index (χ1n) is 10.9. The maximum absolute atomic E-state index is 12.8. The minimum Gasteiger partial charge on any atom is -0.371 e. The Morgan fingerprint density at radius 2 is 1.94 bits per heavy atom. The van der Waals surface area contributed by atoms with Crippen LogP contribution in [0.3, 0.4) is 0 Å². The molecule has 168 valence electrons. The third kappa shape index (κ3) is 3.81. The van der Waals surface area contributed by atoms with Crippen LogP contribution in [-0.2, 0) is 9.84 Å². The van der Waals surface area contributed by atoms with Gasteiger partial charge in [0, 0.05) is 42.2 Å². The zero-order chi connectivity index (χ0) is 22.8. The molecule has 0 unspecified atom stereocenters. The summed E-state index contributed by atoms with van der Waals surface area (Å²) in [4.78, 5) is 27.5. The van der Waals surface area contributed by atoms with E-state index < -0.39 is 15.3 Å². The number of fused-ring (bicyclic) bond motifs is 2. The van der Waals surface area contributed by atoms with Crippen molar-refractivity contribution in [3.63, 3.8) is 0 Å². The molecule has 3 atom stereocenters. The number of hydrogen-bond donors (Lipinski definition) is 1. The highest BCUT2D eigenvalue weighted by atomic mass is 32.2. The van der Waals surface area contributed by atoms with Gasteiger partial charge in [-0.1, -0.05) is 32.9 Å². The van der Waals surface area contributed by atoms with Gasteiger partial charge >= 0.3 is 0 Å². The highest BCUT2D eigenvalue weighted by Crippen LogP contribution is 2.53. The van der Waals surface area contributed by atoms with Gasteiger partial charge in [0.15, 0.2) is 11.4 Å². The van der Waals surface area contributed by atoms with Gasteiger partial charge in [-0.15, -0.1) is 0 Å². The maximum atomic E-state index is 12.8. The number of aromatic amines is 1. The summed E-state index contributed by atoms with van der Waals surface area (Å²) < 4.78 is 23.2. The summed E-state index contributed by atoms with van der Waals surface area (Å²) in [5.41, 5.74) is 4.04. The van der Waals surface area contributed by atoms with Crippen LogP contribution in [-0.4, -0.2) is 54.3 Å². The van der Waals surface area contributed by atoms with E-state index in [1.165, 1.54) is 6.26 Å².